The van der Waals surface area contributed by atoms with E-state index in [-0.39, 0.29) is 13.0 Å². The van der Waals surface area contributed by atoms with E-state index in [1.54, 1.807) is 0 Å². The molecule has 0 radical (unpaired) electrons. The van der Waals surface area contributed by atoms with Crippen molar-refractivity contribution < 1.29 is 23.5 Å². The van der Waals surface area contributed by atoms with Crippen molar-refractivity contribution in [3.63, 3.8) is 0 Å². The molecular formula is C31H30F2N4O3. The highest BCUT2D eigenvalue weighted by Crippen LogP contribution is 2.35. The maximum absolute atomic E-state index is 15.1. The van der Waals surface area contributed by atoms with Crippen LogP contribution in [0.15, 0.2) is 42.5 Å². The summed E-state index contributed by atoms with van der Waals surface area (Å²) in [5.41, 5.74) is 6.09. The lowest BCUT2D eigenvalue weighted by molar-refractivity contribution is -0.137. The van der Waals surface area contributed by atoms with Crippen LogP contribution < -0.4 is 0 Å². The zero-order chi connectivity index (χ0) is 28.0. The van der Waals surface area contributed by atoms with Gasteiger partial charge >= 0.3 is 5.97 Å². The van der Waals surface area contributed by atoms with E-state index in [0.717, 1.165) is 58.1 Å². The van der Waals surface area contributed by atoms with E-state index < -0.39 is 35.0 Å². The number of rotatable bonds is 2. The van der Waals surface area contributed by atoms with Crippen molar-refractivity contribution in [1.29, 1.82) is 0 Å². The third-order valence-electron chi connectivity index (χ3n) is 8.32. The van der Waals surface area contributed by atoms with Crippen molar-refractivity contribution in [2.75, 3.05) is 6.54 Å². The summed E-state index contributed by atoms with van der Waals surface area (Å²) in [6, 6.07) is 12.3. The number of halogens is 2. The first kappa shape index (κ1) is 26.1. The van der Waals surface area contributed by atoms with Crippen LogP contribution in [-0.2, 0) is 30.7 Å². The molecule has 4 aromatic rings. The number of carboxylic acids is 1. The molecule has 0 spiro atoms. The molecule has 5 aliphatic heterocycles. The van der Waals surface area contributed by atoms with Crippen LogP contribution in [0.1, 0.15) is 75.3 Å². The van der Waals surface area contributed by atoms with Crippen LogP contribution in [-0.4, -0.2) is 43.4 Å². The Labute approximate surface area is 230 Å². The maximum Gasteiger partial charge on any atom is 0.304 e. The van der Waals surface area contributed by atoms with E-state index >= 15 is 8.78 Å². The molecule has 1 amide bonds. The predicted octanol–water partition coefficient (Wildman–Crippen LogP) is 5.55. The number of nitrogens with zero attached hydrogens (tertiary/aromatic N) is 4. The standard InChI is InChI=1S/C31H30F2N4O3/c1-18-23-8-9-27-30(18)34-35-37(27)11-4-2-3-5-19-13-25(32)29(26(33)14-19)31(40)36-12-10-20-6-7-21(15-22(20)17-36)24(23)16-28(38)39/h6-9,13-15,24H,2-5,10-12,16-17H2,1H3,(H,38,39). The highest BCUT2D eigenvalue weighted by atomic mass is 19.1. The van der Waals surface area contributed by atoms with Crippen molar-refractivity contribution in [2.24, 2.45) is 0 Å². The van der Waals surface area contributed by atoms with Gasteiger partial charge in [-0.25, -0.2) is 13.5 Å². The lowest BCUT2D eigenvalue weighted by Crippen LogP contribution is -2.37. The summed E-state index contributed by atoms with van der Waals surface area (Å²) in [5, 5.41) is 18.6. The van der Waals surface area contributed by atoms with E-state index in [9.17, 15) is 14.7 Å². The fraction of sp³-hybridized carbons (Fsp3) is 0.355. The van der Waals surface area contributed by atoms with Crippen molar-refractivity contribution in [1.82, 2.24) is 19.9 Å². The smallest absolute Gasteiger partial charge is 0.304 e. The van der Waals surface area contributed by atoms with E-state index in [0.29, 0.717) is 31.5 Å². The number of hydrogen-bond donors (Lipinski definition) is 1. The summed E-state index contributed by atoms with van der Waals surface area (Å²) in [6.07, 6.45) is 3.31. The first-order valence-electron chi connectivity index (χ1n) is 13.7. The van der Waals surface area contributed by atoms with Gasteiger partial charge in [-0.15, -0.1) is 5.10 Å². The predicted molar refractivity (Wildman–Crippen MR) is 145 cm³/mol. The number of hydrogen-bond acceptors (Lipinski definition) is 4. The van der Waals surface area contributed by atoms with Gasteiger partial charge in [0, 0.05) is 25.6 Å². The van der Waals surface area contributed by atoms with Gasteiger partial charge in [-0.2, -0.15) is 0 Å². The second-order valence-corrected chi connectivity index (χ2v) is 10.9. The Balaban J connectivity index is 1.46. The number of carbonyl (C=O) groups is 2. The third kappa shape index (κ3) is 4.74. The molecule has 7 nitrogen and oxygen atoms in total. The molecule has 1 unspecified atom stereocenters. The van der Waals surface area contributed by atoms with Gasteiger partial charge in [0.2, 0.25) is 0 Å². The summed E-state index contributed by atoms with van der Waals surface area (Å²) in [6.45, 7) is 3.13. The number of aliphatic carboxylic acids is 1. The summed E-state index contributed by atoms with van der Waals surface area (Å²) < 4.78 is 32.0. The molecule has 0 saturated heterocycles. The number of carboxylic acid groups (broad SMARTS) is 1. The quantitative estimate of drug-likeness (QED) is 0.358. The molecule has 0 fully saturated rings. The van der Waals surface area contributed by atoms with E-state index in [1.807, 2.05) is 41.9 Å². The second kappa shape index (κ2) is 10.4. The molecule has 3 aromatic carbocycles. The lowest BCUT2D eigenvalue weighted by Gasteiger charge is -2.30. The second-order valence-electron chi connectivity index (χ2n) is 10.9. The van der Waals surface area contributed by atoms with Crippen LogP contribution in [0.3, 0.4) is 0 Å². The maximum atomic E-state index is 15.1. The van der Waals surface area contributed by atoms with Crippen LogP contribution in [0.2, 0.25) is 0 Å². The number of carbonyl (C=O) groups excluding carboxylic acids is 1. The van der Waals surface area contributed by atoms with E-state index in [2.05, 4.69) is 10.3 Å². The lowest BCUT2D eigenvalue weighted by atomic mass is 9.83. The highest BCUT2D eigenvalue weighted by Gasteiger charge is 2.29. The Hall–Kier alpha value is -4.14. The Kier molecular flexibility index (Phi) is 6.82. The first-order chi connectivity index (χ1) is 19.3. The Morgan fingerprint density at radius 3 is 2.58 bits per heavy atom. The molecule has 9 heteroatoms. The van der Waals surface area contributed by atoms with Gasteiger partial charge < -0.3 is 10.0 Å². The Morgan fingerprint density at radius 1 is 1.00 bits per heavy atom. The first-order valence-corrected chi connectivity index (χ1v) is 13.7. The average Bonchev–Trinajstić information content (AvgIpc) is 3.34. The van der Waals surface area contributed by atoms with Gasteiger partial charge in [0.15, 0.2) is 0 Å². The molecule has 6 heterocycles. The molecule has 0 saturated carbocycles. The van der Waals surface area contributed by atoms with Gasteiger partial charge in [0.25, 0.3) is 5.91 Å². The number of amides is 1. The number of benzene rings is 3. The summed E-state index contributed by atoms with van der Waals surface area (Å²) >= 11 is 0. The SMILES string of the molecule is Cc1c2ccc3c1nnn3CCCCCc1cc(F)c(c(F)c1)C(=O)N1CCc3ccc(cc3C1)C2CC(=O)O. The molecule has 1 aromatic heterocycles. The van der Waals surface area contributed by atoms with Crippen LogP contribution in [0.4, 0.5) is 8.78 Å². The molecular weight excluding hydrogens is 514 g/mol. The van der Waals surface area contributed by atoms with E-state index in [1.165, 1.54) is 17.0 Å². The normalized spacial score (nSPS) is 17.6. The van der Waals surface area contributed by atoms with Crippen molar-refractivity contribution in [3.05, 3.63) is 93.0 Å². The molecule has 40 heavy (non-hydrogen) atoms. The number of aromatic nitrogens is 3. The van der Waals surface area contributed by atoms with Crippen molar-refractivity contribution in [3.8, 4) is 0 Å². The highest BCUT2D eigenvalue weighted by molar-refractivity contribution is 5.95. The molecule has 1 N–H and O–H groups in total. The minimum Gasteiger partial charge on any atom is -0.481 e. The monoisotopic (exact) mass is 544 g/mol. The van der Waals surface area contributed by atoms with Crippen molar-refractivity contribution in [2.45, 2.75) is 64.5 Å². The topological polar surface area (TPSA) is 88.3 Å². The summed E-state index contributed by atoms with van der Waals surface area (Å²) in [7, 11) is 0. The molecule has 1 atom stereocenters. The minimum atomic E-state index is -0.928. The Bertz CT molecular complexity index is 1620. The molecule has 206 valence electrons. The zero-order valence-corrected chi connectivity index (χ0v) is 22.3. The van der Waals surface area contributed by atoms with Crippen LogP contribution >= 0.6 is 0 Å². The largest absolute Gasteiger partial charge is 0.481 e. The van der Waals surface area contributed by atoms with E-state index in [4.69, 9.17) is 0 Å². The molecule has 9 rings (SSSR count). The Morgan fingerprint density at radius 2 is 1.80 bits per heavy atom. The van der Waals surface area contributed by atoms with Gasteiger partial charge in [0.05, 0.1) is 11.9 Å². The minimum absolute atomic E-state index is 0.120. The zero-order valence-electron chi connectivity index (χ0n) is 22.3. The third-order valence-corrected chi connectivity index (χ3v) is 8.32. The fourth-order valence-electron chi connectivity index (χ4n) is 6.17. The van der Waals surface area contributed by atoms with Gasteiger partial charge in [0.1, 0.15) is 22.7 Å². The van der Waals surface area contributed by atoms with Gasteiger partial charge in [-0.1, -0.05) is 35.9 Å². The van der Waals surface area contributed by atoms with Gasteiger partial charge in [-0.05, 0) is 84.2 Å². The summed E-state index contributed by atoms with van der Waals surface area (Å²) in [5.74, 6) is -3.72. The van der Waals surface area contributed by atoms with Crippen LogP contribution in [0, 0.1) is 18.6 Å². The molecule has 5 aliphatic rings. The molecule has 0 aliphatic carbocycles. The summed E-state index contributed by atoms with van der Waals surface area (Å²) in [4.78, 5) is 26.8. The van der Waals surface area contributed by atoms with Crippen LogP contribution in [0.5, 0.6) is 0 Å². The van der Waals surface area contributed by atoms with Crippen LogP contribution in [0.25, 0.3) is 11.0 Å². The molecule has 9 bridgehead atoms. The number of aryl methyl sites for hydroxylation is 3. The average molecular weight is 545 g/mol. The van der Waals surface area contributed by atoms with Crippen molar-refractivity contribution >= 4 is 22.9 Å². The van der Waals surface area contributed by atoms with Gasteiger partial charge in [-0.3, -0.25) is 9.59 Å². The fourth-order valence-corrected chi connectivity index (χ4v) is 6.17.